The van der Waals surface area contributed by atoms with Gasteiger partial charge in [-0.1, -0.05) is 0 Å². The monoisotopic (exact) mass is 227 g/mol. The van der Waals surface area contributed by atoms with Crippen molar-refractivity contribution in [1.82, 2.24) is 19.7 Å². The largest absolute Gasteiger partial charge is 0.330 e. The van der Waals surface area contributed by atoms with E-state index in [0.29, 0.717) is 0 Å². The summed E-state index contributed by atoms with van der Waals surface area (Å²) in [7, 11) is -1.94. The van der Waals surface area contributed by atoms with E-state index in [1.807, 2.05) is 0 Å². The average Bonchev–Trinajstić information content (AvgIpc) is 2.75. The Labute approximate surface area is 86.2 Å². The Hall–Kier alpha value is -1.83. The first-order valence-electron chi connectivity index (χ1n) is 4.09. The van der Waals surface area contributed by atoms with Gasteiger partial charge in [-0.25, -0.2) is 18.1 Å². The first-order valence-corrected chi connectivity index (χ1v) is 5.57. The summed E-state index contributed by atoms with van der Waals surface area (Å²) in [5, 5.41) is 3.78. The molecule has 2 N–H and O–H groups in total. The van der Waals surface area contributed by atoms with E-state index in [1.165, 1.54) is 29.5 Å². The molecular weight excluding hydrogens is 218 g/mol. The highest BCUT2D eigenvalue weighted by atomic mass is 32.2. The number of aryl methyl sites for hydroxylation is 1. The van der Waals surface area contributed by atoms with Gasteiger partial charge in [0.15, 0.2) is 0 Å². The van der Waals surface area contributed by atoms with Gasteiger partial charge in [0.1, 0.15) is 4.90 Å². The lowest BCUT2D eigenvalue weighted by Gasteiger charge is -2.01. The van der Waals surface area contributed by atoms with Crippen molar-refractivity contribution in [3.05, 3.63) is 24.8 Å². The number of H-pyrrole nitrogens is 1. The Morgan fingerprint density at radius 1 is 1.53 bits per heavy atom. The van der Waals surface area contributed by atoms with E-state index in [1.54, 1.807) is 7.05 Å². The Morgan fingerprint density at radius 2 is 2.33 bits per heavy atom. The van der Waals surface area contributed by atoms with Crippen molar-refractivity contribution in [2.45, 2.75) is 4.90 Å². The summed E-state index contributed by atoms with van der Waals surface area (Å²) in [4.78, 5) is 6.50. The standard InChI is InChI=1S/C7H9N5O2S/c1-12-5-6(4-10-12)15(13,14)11-7-8-2-3-9-7/h2-5H,1H3,(H2,8,9,11). The molecule has 80 valence electrons. The van der Waals surface area contributed by atoms with Crippen LogP contribution >= 0.6 is 0 Å². The molecule has 0 bridgehead atoms. The molecule has 2 heterocycles. The van der Waals surface area contributed by atoms with Crippen LogP contribution in [-0.4, -0.2) is 28.2 Å². The summed E-state index contributed by atoms with van der Waals surface area (Å²) in [6.45, 7) is 0. The predicted octanol–water partition coefficient (Wildman–Crippen LogP) is -0.0560. The Balaban J connectivity index is 2.28. The van der Waals surface area contributed by atoms with Crippen molar-refractivity contribution in [1.29, 1.82) is 0 Å². The fraction of sp³-hybridized carbons (Fsp3) is 0.143. The molecule has 2 rings (SSSR count). The number of nitrogens with zero attached hydrogens (tertiary/aromatic N) is 3. The second kappa shape index (κ2) is 3.39. The van der Waals surface area contributed by atoms with Gasteiger partial charge in [-0.05, 0) is 0 Å². The van der Waals surface area contributed by atoms with Crippen molar-refractivity contribution < 1.29 is 8.42 Å². The smallest absolute Gasteiger partial charge is 0.267 e. The Kier molecular flexibility index (Phi) is 2.19. The van der Waals surface area contributed by atoms with Crippen molar-refractivity contribution >= 4 is 16.0 Å². The van der Waals surface area contributed by atoms with Crippen LogP contribution in [0.4, 0.5) is 5.95 Å². The third kappa shape index (κ3) is 1.99. The highest BCUT2D eigenvalue weighted by Gasteiger charge is 2.16. The topological polar surface area (TPSA) is 92.7 Å². The molecule has 0 aromatic carbocycles. The normalized spacial score (nSPS) is 11.5. The van der Waals surface area contributed by atoms with Crippen LogP contribution in [0.1, 0.15) is 0 Å². The molecule has 0 saturated heterocycles. The molecule has 0 aliphatic carbocycles. The lowest BCUT2D eigenvalue weighted by Crippen LogP contribution is -2.13. The fourth-order valence-corrected chi connectivity index (χ4v) is 2.01. The second-order valence-corrected chi connectivity index (χ2v) is 4.58. The lowest BCUT2D eigenvalue weighted by molar-refractivity contribution is 0.600. The third-order valence-corrected chi connectivity index (χ3v) is 3.01. The summed E-state index contributed by atoms with van der Waals surface area (Å²) >= 11 is 0. The number of sulfonamides is 1. The van der Waals surface area contributed by atoms with Crippen LogP contribution in [0.5, 0.6) is 0 Å². The van der Waals surface area contributed by atoms with Crippen LogP contribution in [-0.2, 0) is 17.1 Å². The summed E-state index contributed by atoms with van der Waals surface area (Å²) < 4.78 is 27.1. The maximum absolute atomic E-state index is 11.7. The summed E-state index contributed by atoms with van der Waals surface area (Å²) in [6.07, 6.45) is 5.67. The molecule has 0 aliphatic rings. The van der Waals surface area contributed by atoms with Crippen LogP contribution in [0.15, 0.2) is 29.7 Å². The number of nitrogens with one attached hydrogen (secondary N) is 2. The number of anilines is 1. The fourth-order valence-electron chi connectivity index (χ4n) is 1.04. The zero-order valence-electron chi connectivity index (χ0n) is 7.88. The minimum absolute atomic E-state index is 0.0985. The van der Waals surface area contributed by atoms with E-state index in [0.717, 1.165) is 0 Å². The van der Waals surface area contributed by atoms with Gasteiger partial charge in [0.2, 0.25) is 5.95 Å². The molecule has 0 spiro atoms. The van der Waals surface area contributed by atoms with Gasteiger partial charge in [-0.3, -0.25) is 4.68 Å². The van der Waals surface area contributed by atoms with E-state index in [2.05, 4.69) is 19.8 Å². The molecule has 2 aromatic rings. The van der Waals surface area contributed by atoms with Gasteiger partial charge in [0.05, 0.1) is 6.20 Å². The maximum Gasteiger partial charge on any atom is 0.267 e. The van der Waals surface area contributed by atoms with Crippen LogP contribution < -0.4 is 4.72 Å². The molecule has 0 radical (unpaired) electrons. The summed E-state index contributed by atoms with van der Waals surface area (Å²) in [6, 6.07) is 0. The SMILES string of the molecule is Cn1cc(S(=O)(=O)Nc2ncc[nH]2)cn1. The zero-order chi connectivity index (χ0) is 10.9. The van der Waals surface area contributed by atoms with E-state index in [9.17, 15) is 8.42 Å². The first-order chi connectivity index (χ1) is 7.08. The quantitative estimate of drug-likeness (QED) is 0.768. The van der Waals surface area contributed by atoms with Crippen molar-refractivity contribution in [3.63, 3.8) is 0 Å². The Bertz CT molecular complexity index is 542. The molecule has 0 atom stereocenters. The van der Waals surface area contributed by atoms with E-state index >= 15 is 0 Å². The molecule has 2 aromatic heterocycles. The minimum Gasteiger partial charge on any atom is -0.330 e. The van der Waals surface area contributed by atoms with Crippen LogP contribution in [0.2, 0.25) is 0 Å². The predicted molar refractivity (Wildman–Crippen MR) is 52.6 cm³/mol. The highest BCUT2D eigenvalue weighted by molar-refractivity contribution is 7.92. The molecule has 0 aliphatic heterocycles. The van der Waals surface area contributed by atoms with Gasteiger partial charge >= 0.3 is 0 Å². The van der Waals surface area contributed by atoms with Gasteiger partial charge in [-0.2, -0.15) is 5.10 Å². The van der Waals surface area contributed by atoms with E-state index < -0.39 is 10.0 Å². The van der Waals surface area contributed by atoms with Gasteiger partial charge in [0, 0.05) is 25.6 Å². The molecule has 0 amide bonds. The van der Waals surface area contributed by atoms with E-state index in [-0.39, 0.29) is 10.8 Å². The van der Waals surface area contributed by atoms with Crippen molar-refractivity contribution in [2.24, 2.45) is 7.05 Å². The first kappa shape index (κ1) is 9.71. The van der Waals surface area contributed by atoms with Crippen LogP contribution in [0.3, 0.4) is 0 Å². The lowest BCUT2D eigenvalue weighted by atomic mass is 10.7. The van der Waals surface area contributed by atoms with Crippen molar-refractivity contribution in [3.8, 4) is 0 Å². The molecule has 0 saturated carbocycles. The molecular formula is C7H9N5O2S. The summed E-state index contributed by atoms with van der Waals surface area (Å²) in [5.41, 5.74) is 0. The number of rotatable bonds is 3. The van der Waals surface area contributed by atoms with E-state index in [4.69, 9.17) is 0 Å². The van der Waals surface area contributed by atoms with Gasteiger partial charge in [0.25, 0.3) is 10.0 Å². The van der Waals surface area contributed by atoms with Crippen molar-refractivity contribution in [2.75, 3.05) is 4.72 Å². The molecule has 8 heteroatoms. The molecule has 15 heavy (non-hydrogen) atoms. The zero-order valence-corrected chi connectivity index (χ0v) is 8.69. The van der Waals surface area contributed by atoms with Crippen LogP contribution in [0, 0.1) is 0 Å². The highest BCUT2D eigenvalue weighted by Crippen LogP contribution is 2.10. The number of aromatic nitrogens is 4. The van der Waals surface area contributed by atoms with Crippen LogP contribution in [0.25, 0.3) is 0 Å². The number of hydrogen-bond acceptors (Lipinski definition) is 4. The Morgan fingerprint density at radius 3 is 2.87 bits per heavy atom. The number of aromatic amines is 1. The minimum atomic E-state index is -3.59. The summed E-state index contributed by atoms with van der Waals surface area (Å²) in [5.74, 6) is 0.179. The van der Waals surface area contributed by atoms with Gasteiger partial charge < -0.3 is 4.98 Å². The third-order valence-electron chi connectivity index (χ3n) is 1.72. The maximum atomic E-state index is 11.7. The molecule has 0 unspecified atom stereocenters. The number of hydrogen-bond donors (Lipinski definition) is 2. The average molecular weight is 227 g/mol. The molecule has 7 nitrogen and oxygen atoms in total. The van der Waals surface area contributed by atoms with Gasteiger partial charge in [-0.15, -0.1) is 0 Å². The molecule has 0 fully saturated rings. The second-order valence-electron chi connectivity index (χ2n) is 2.89. The number of imidazole rings is 1.